The largest absolute Gasteiger partial charge is 0.305 e. The maximum absolute atomic E-state index is 7.82. The Labute approximate surface area is 277 Å². The van der Waals surface area contributed by atoms with Gasteiger partial charge in [-0.05, 0) is 46.9 Å². The molecule has 0 atom stereocenters. The van der Waals surface area contributed by atoms with Gasteiger partial charge in [0.05, 0.1) is 8.07 Å². The zero-order valence-electron chi connectivity index (χ0n) is 28.4. The molecule has 1 saturated carbocycles. The molecule has 6 rings (SSSR count). The van der Waals surface area contributed by atoms with Gasteiger partial charge in [0, 0.05) is 42.2 Å². The molecule has 0 unspecified atom stereocenters. The molecule has 0 spiro atoms. The van der Waals surface area contributed by atoms with Crippen molar-refractivity contribution in [2.24, 2.45) is 5.92 Å². The predicted molar refractivity (Wildman–Crippen MR) is 180 cm³/mol. The van der Waals surface area contributed by atoms with Gasteiger partial charge < -0.3 is 9.97 Å². The molecule has 2 heterocycles. The van der Waals surface area contributed by atoms with Crippen molar-refractivity contribution in [2.45, 2.75) is 65.0 Å². The SMILES string of the molecule is C[Si](C)(C)c1cnc(-c2[c-]cccc2)cc1CC1CCCCC1.[2H]C([2H])([2H])c1cc(-c2[c-]cccc2)ncc1-c1ccccc1.[Ir]. The fourth-order valence-corrected chi connectivity index (χ4v) is 7.34. The second kappa shape index (κ2) is 15.5. The van der Waals surface area contributed by atoms with Crippen molar-refractivity contribution in [2.75, 3.05) is 0 Å². The first-order chi connectivity index (χ1) is 21.6. The summed E-state index contributed by atoms with van der Waals surface area (Å²) in [5, 5.41) is 1.54. The number of aryl methyl sites for hydroxylation is 1. The van der Waals surface area contributed by atoms with Crippen LogP contribution in [-0.2, 0) is 26.5 Å². The van der Waals surface area contributed by atoms with Crippen LogP contribution in [0.5, 0.6) is 0 Å². The summed E-state index contributed by atoms with van der Waals surface area (Å²) >= 11 is 0. The van der Waals surface area contributed by atoms with E-state index in [2.05, 4.69) is 61.2 Å². The van der Waals surface area contributed by atoms with Crippen molar-refractivity contribution in [1.82, 2.24) is 9.97 Å². The molecular weight excluding hydrogens is 717 g/mol. The van der Waals surface area contributed by atoms with Crippen LogP contribution < -0.4 is 5.19 Å². The quantitative estimate of drug-likeness (QED) is 0.127. The monoisotopic (exact) mass is 762 g/mol. The van der Waals surface area contributed by atoms with Crippen LogP contribution in [0, 0.1) is 24.9 Å². The summed E-state index contributed by atoms with van der Waals surface area (Å²) in [5.41, 5.74) is 6.95. The minimum Gasteiger partial charge on any atom is -0.305 e. The molecule has 0 aliphatic heterocycles. The van der Waals surface area contributed by atoms with Gasteiger partial charge in [0.2, 0.25) is 0 Å². The third-order valence-corrected chi connectivity index (χ3v) is 10.1. The van der Waals surface area contributed by atoms with Gasteiger partial charge in [0.15, 0.2) is 0 Å². The van der Waals surface area contributed by atoms with E-state index in [0.717, 1.165) is 28.3 Å². The Hall–Kier alpha value is -3.17. The summed E-state index contributed by atoms with van der Waals surface area (Å²) < 4.78 is 23.5. The van der Waals surface area contributed by atoms with E-state index in [1.54, 1.807) is 29.1 Å². The molecule has 1 radical (unpaired) electrons. The van der Waals surface area contributed by atoms with Gasteiger partial charge in [-0.15, -0.1) is 71.8 Å². The van der Waals surface area contributed by atoms with E-state index in [1.165, 1.54) is 38.5 Å². The van der Waals surface area contributed by atoms with Crippen molar-refractivity contribution >= 4 is 13.3 Å². The molecule has 1 aliphatic carbocycles. The third kappa shape index (κ3) is 8.92. The molecule has 2 nitrogen and oxygen atoms in total. The number of nitrogens with zero attached hydrogens (tertiary/aromatic N) is 2. The zero-order chi connectivity index (χ0) is 31.9. The van der Waals surface area contributed by atoms with Gasteiger partial charge in [-0.1, -0.05) is 99.8 Å². The molecular formula is C39H42IrN2Si-2. The van der Waals surface area contributed by atoms with E-state index in [0.29, 0.717) is 16.8 Å². The molecule has 1 fully saturated rings. The second-order valence-electron chi connectivity index (χ2n) is 12.2. The van der Waals surface area contributed by atoms with Crippen LogP contribution in [0.2, 0.25) is 19.6 Å². The summed E-state index contributed by atoms with van der Waals surface area (Å²) in [5.74, 6) is 0.869. The molecule has 0 saturated heterocycles. The van der Waals surface area contributed by atoms with Gasteiger partial charge in [0.1, 0.15) is 0 Å². The van der Waals surface area contributed by atoms with Crippen molar-refractivity contribution < 1.29 is 24.2 Å². The number of hydrogen-bond donors (Lipinski definition) is 0. The first-order valence-corrected chi connectivity index (χ1v) is 18.6. The zero-order valence-corrected chi connectivity index (χ0v) is 28.8. The normalized spacial score (nSPS) is 14.7. The average Bonchev–Trinajstić information content (AvgIpc) is 3.05. The van der Waals surface area contributed by atoms with E-state index in [4.69, 9.17) is 9.10 Å². The predicted octanol–water partition coefficient (Wildman–Crippen LogP) is 9.74. The van der Waals surface area contributed by atoms with Crippen LogP contribution in [0.25, 0.3) is 33.6 Å². The van der Waals surface area contributed by atoms with Crippen LogP contribution in [-0.4, -0.2) is 18.0 Å². The van der Waals surface area contributed by atoms with Crippen LogP contribution in [0.15, 0.2) is 103 Å². The minimum atomic E-state index is -2.20. The standard InChI is InChI=1S/C21H28NSi.C18H14N.Ir/c1-23(2,3)21-16-22-20(18-12-8-5-9-13-18)15-19(21)14-17-10-6-4-7-11-17;1-14-12-18(16-10-6-3-7-11-16)19-13-17(14)15-8-4-2-5-9-15;/h5,8-9,12,15-17H,4,6-7,10-11,14H2,1-3H3;2-10,12-13H,1H3;/q2*-1;/i;1D3;. The van der Waals surface area contributed by atoms with E-state index >= 15 is 0 Å². The number of rotatable bonds is 6. The minimum absolute atomic E-state index is 0. The second-order valence-corrected chi connectivity index (χ2v) is 17.3. The van der Waals surface area contributed by atoms with Gasteiger partial charge in [-0.25, -0.2) is 0 Å². The van der Waals surface area contributed by atoms with E-state index < -0.39 is 14.9 Å². The fourth-order valence-electron chi connectivity index (χ4n) is 5.75. The number of hydrogen-bond acceptors (Lipinski definition) is 2. The summed E-state index contributed by atoms with van der Waals surface area (Å²) in [6, 6.07) is 35.4. The van der Waals surface area contributed by atoms with Gasteiger partial charge in [-0.3, -0.25) is 0 Å². The van der Waals surface area contributed by atoms with Gasteiger partial charge >= 0.3 is 0 Å². The molecule has 43 heavy (non-hydrogen) atoms. The van der Waals surface area contributed by atoms with Gasteiger partial charge in [0.25, 0.3) is 0 Å². The number of pyridine rings is 2. The fraction of sp³-hybridized carbons (Fsp3) is 0.282. The molecule has 0 N–H and O–H groups in total. The molecule has 4 heteroatoms. The summed E-state index contributed by atoms with van der Waals surface area (Å²) in [4.78, 5) is 9.19. The van der Waals surface area contributed by atoms with E-state index in [-0.39, 0.29) is 20.1 Å². The Kier molecular flexibility index (Phi) is 10.3. The molecule has 2 aromatic heterocycles. The summed E-state index contributed by atoms with van der Waals surface area (Å²) in [6.07, 6.45) is 12.1. The van der Waals surface area contributed by atoms with Crippen LogP contribution in [0.3, 0.4) is 0 Å². The summed E-state index contributed by atoms with van der Waals surface area (Å²) in [7, 11) is -1.36. The average molecular weight is 762 g/mol. The van der Waals surface area contributed by atoms with Crippen LogP contribution in [0.1, 0.15) is 47.3 Å². The molecule has 223 valence electrons. The topological polar surface area (TPSA) is 25.8 Å². The third-order valence-electron chi connectivity index (χ3n) is 7.99. The van der Waals surface area contributed by atoms with Crippen molar-refractivity contribution in [3.63, 3.8) is 0 Å². The summed E-state index contributed by atoms with van der Waals surface area (Å²) in [6.45, 7) is 5.10. The smallest absolute Gasteiger partial charge is 0.0798 e. The van der Waals surface area contributed by atoms with Crippen LogP contribution in [0.4, 0.5) is 0 Å². The van der Waals surface area contributed by atoms with Crippen molar-refractivity contribution in [3.8, 4) is 33.6 Å². The molecule has 3 aromatic carbocycles. The molecule has 0 amide bonds. The number of benzene rings is 3. The molecule has 1 aliphatic rings. The Morgan fingerprint density at radius 2 is 1.37 bits per heavy atom. The first-order valence-electron chi connectivity index (χ1n) is 16.6. The Balaban J connectivity index is 0.000000205. The molecule has 0 bridgehead atoms. The van der Waals surface area contributed by atoms with E-state index in [1.807, 2.05) is 60.7 Å². The Morgan fingerprint density at radius 3 is 1.95 bits per heavy atom. The Bertz CT molecular complexity index is 1670. The Morgan fingerprint density at radius 1 is 0.767 bits per heavy atom. The van der Waals surface area contributed by atoms with Crippen molar-refractivity contribution in [1.29, 1.82) is 0 Å². The maximum Gasteiger partial charge on any atom is 0.0798 e. The first kappa shape index (κ1) is 28.6. The van der Waals surface area contributed by atoms with Gasteiger partial charge in [-0.2, -0.15) is 0 Å². The number of aromatic nitrogens is 2. The van der Waals surface area contributed by atoms with Crippen LogP contribution >= 0.6 is 0 Å². The molecule has 5 aromatic rings. The van der Waals surface area contributed by atoms with Crippen molar-refractivity contribution in [3.05, 3.63) is 127 Å². The van der Waals surface area contributed by atoms with E-state index in [9.17, 15) is 0 Å². The maximum atomic E-state index is 7.82.